The highest BCUT2D eigenvalue weighted by Gasteiger charge is 2.15. The van der Waals surface area contributed by atoms with E-state index in [1.54, 1.807) is 22.9 Å². The highest BCUT2D eigenvalue weighted by atomic mass is 35.5. The Labute approximate surface area is 125 Å². The monoisotopic (exact) mass is 303 g/mol. The number of hydrogen-bond donors (Lipinski definition) is 1. The summed E-state index contributed by atoms with van der Waals surface area (Å²) in [7, 11) is 1.85. The Morgan fingerprint density at radius 1 is 1.45 bits per heavy atom. The first-order valence-electron chi connectivity index (χ1n) is 5.87. The van der Waals surface area contributed by atoms with Crippen LogP contribution in [0.5, 0.6) is 0 Å². The second-order valence-corrected chi connectivity index (χ2v) is 5.25. The van der Waals surface area contributed by atoms with E-state index in [4.69, 9.17) is 29.1 Å². The summed E-state index contributed by atoms with van der Waals surface area (Å²) in [5.74, 6) is 0. The van der Waals surface area contributed by atoms with Crippen molar-refractivity contribution in [2.24, 2.45) is 7.05 Å². The molecule has 0 aliphatic rings. The lowest BCUT2D eigenvalue weighted by Gasteiger charge is -2.07. The molecule has 2 aromatic heterocycles. The Kier molecular flexibility index (Phi) is 2.89. The Hall–Kier alpha value is -2.10. The van der Waals surface area contributed by atoms with Crippen LogP contribution >= 0.6 is 23.8 Å². The zero-order valence-electron chi connectivity index (χ0n) is 10.8. The van der Waals surface area contributed by atoms with Crippen LogP contribution in [0.2, 0.25) is 5.02 Å². The first-order valence-corrected chi connectivity index (χ1v) is 6.66. The molecule has 0 spiro atoms. The molecule has 2 heterocycles. The van der Waals surface area contributed by atoms with Gasteiger partial charge in [-0.2, -0.15) is 10.4 Å². The topological polar surface area (TPSA) is 62.3 Å². The van der Waals surface area contributed by atoms with Gasteiger partial charge in [0.15, 0.2) is 10.4 Å². The minimum atomic E-state index is 0.472. The Morgan fingerprint density at radius 2 is 2.20 bits per heavy atom. The number of nitriles is 1. The first-order chi connectivity index (χ1) is 9.52. The predicted molar refractivity (Wildman–Crippen MR) is 79.7 cm³/mol. The van der Waals surface area contributed by atoms with Gasteiger partial charge in [0.2, 0.25) is 0 Å². The van der Waals surface area contributed by atoms with Crippen LogP contribution in [0.4, 0.5) is 0 Å². The standard InChI is InChI=1S/C13H10ClN5S/c1-7-11-12(18(2)17-7)19(13(20)16-11)10-4-3-8(6-15)5-9(10)14/h3-5H,1-2H3,(H,16,20). The largest absolute Gasteiger partial charge is 0.327 e. The molecule has 0 saturated carbocycles. The number of nitrogens with one attached hydrogen (secondary N) is 1. The SMILES string of the molecule is Cc1nn(C)c2c1[nH]c(=S)n2-c1ccc(C#N)cc1Cl. The lowest BCUT2D eigenvalue weighted by atomic mass is 10.2. The number of H-pyrrole nitrogens is 1. The third-order valence-corrected chi connectivity index (χ3v) is 3.74. The van der Waals surface area contributed by atoms with Crippen molar-refractivity contribution in [1.29, 1.82) is 5.26 Å². The van der Waals surface area contributed by atoms with Crippen molar-refractivity contribution in [1.82, 2.24) is 19.3 Å². The molecule has 0 bridgehead atoms. The summed E-state index contributed by atoms with van der Waals surface area (Å²) in [5, 5.41) is 13.7. The molecule has 7 heteroatoms. The molecule has 20 heavy (non-hydrogen) atoms. The lowest BCUT2D eigenvalue weighted by molar-refractivity contribution is 0.759. The summed E-state index contributed by atoms with van der Waals surface area (Å²) in [6, 6.07) is 7.19. The van der Waals surface area contributed by atoms with Crippen LogP contribution in [0.1, 0.15) is 11.3 Å². The van der Waals surface area contributed by atoms with Gasteiger partial charge >= 0.3 is 0 Å². The van der Waals surface area contributed by atoms with Crippen LogP contribution in [0.15, 0.2) is 18.2 Å². The summed E-state index contributed by atoms with van der Waals surface area (Å²) in [6.07, 6.45) is 0. The number of fused-ring (bicyclic) bond motifs is 1. The van der Waals surface area contributed by atoms with Crippen LogP contribution in [-0.4, -0.2) is 19.3 Å². The Balaban J connectivity index is 2.38. The number of imidazole rings is 1. The van der Waals surface area contributed by atoms with Crippen LogP contribution in [-0.2, 0) is 7.05 Å². The van der Waals surface area contributed by atoms with Crippen molar-refractivity contribution >= 4 is 35.0 Å². The number of benzene rings is 1. The average Bonchev–Trinajstić information content (AvgIpc) is 2.88. The van der Waals surface area contributed by atoms with Crippen molar-refractivity contribution in [3.63, 3.8) is 0 Å². The van der Waals surface area contributed by atoms with Crippen molar-refractivity contribution in [2.75, 3.05) is 0 Å². The molecule has 0 saturated heterocycles. The fourth-order valence-corrected chi connectivity index (χ4v) is 2.84. The molecule has 0 radical (unpaired) electrons. The Morgan fingerprint density at radius 3 is 2.85 bits per heavy atom. The fourth-order valence-electron chi connectivity index (χ4n) is 2.29. The van der Waals surface area contributed by atoms with Gasteiger partial charge in [-0.25, -0.2) is 4.68 Å². The normalized spacial score (nSPS) is 10.9. The molecule has 0 unspecified atom stereocenters. The third kappa shape index (κ3) is 1.75. The maximum atomic E-state index is 8.90. The van der Waals surface area contributed by atoms with E-state index in [0.29, 0.717) is 15.4 Å². The fraction of sp³-hybridized carbons (Fsp3) is 0.154. The Bertz CT molecular complexity index is 925. The molecule has 0 aliphatic heterocycles. The number of aryl methyl sites for hydroxylation is 2. The van der Waals surface area contributed by atoms with E-state index < -0.39 is 0 Å². The molecule has 5 nitrogen and oxygen atoms in total. The van der Waals surface area contributed by atoms with Gasteiger partial charge in [0.05, 0.1) is 28.0 Å². The summed E-state index contributed by atoms with van der Waals surface area (Å²) in [4.78, 5) is 3.14. The van der Waals surface area contributed by atoms with Crippen molar-refractivity contribution in [3.05, 3.63) is 39.3 Å². The number of rotatable bonds is 1. The van der Waals surface area contributed by atoms with Crippen LogP contribution < -0.4 is 0 Å². The van der Waals surface area contributed by atoms with E-state index in [1.807, 2.05) is 18.5 Å². The molecule has 100 valence electrons. The zero-order chi connectivity index (χ0) is 14.4. The number of halogens is 1. The first kappa shape index (κ1) is 12.9. The molecule has 0 amide bonds. The molecule has 3 aromatic rings. The van der Waals surface area contributed by atoms with E-state index in [-0.39, 0.29) is 0 Å². The van der Waals surface area contributed by atoms with E-state index in [9.17, 15) is 0 Å². The second kappa shape index (κ2) is 4.47. The highest BCUT2D eigenvalue weighted by molar-refractivity contribution is 7.71. The van der Waals surface area contributed by atoms with E-state index in [1.165, 1.54) is 0 Å². The maximum Gasteiger partial charge on any atom is 0.184 e. The molecular weight excluding hydrogens is 294 g/mol. The molecular formula is C13H10ClN5S. The molecule has 0 fully saturated rings. The summed E-state index contributed by atoms with van der Waals surface area (Å²) in [5.41, 5.74) is 3.84. The minimum absolute atomic E-state index is 0.472. The molecule has 1 N–H and O–H groups in total. The quantitative estimate of drug-likeness (QED) is 0.702. The highest BCUT2D eigenvalue weighted by Crippen LogP contribution is 2.27. The molecule has 3 rings (SSSR count). The zero-order valence-corrected chi connectivity index (χ0v) is 12.4. The van der Waals surface area contributed by atoms with Crippen LogP contribution in [0.3, 0.4) is 0 Å². The van der Waals surface area contributed by atoms with Gasteiger partial charge < -0.3 is 4.98 Å². The van der Waals surface area contributed by atoms with Gasteiger partial charge in [-0.05, 0) is 37.3 Å². The summed E-state index contributed by atoms with van der Waals surface area (Å²) in [6.45, 7) is 1.92. The summed E-state index contributed by atoms with van der Waals surface area (Å²) >= 11 is 11.6. The number of nitrogens with zero attached hydrogens (tertiary/aromatic N) is 4. The third-order valence-electron chi connectivity index (χ3n) is 3.16. The van der Waals surface area contributed by atoms with Crippen molar-refractivity contribution < 1.29 is 0 Å². The van der Waals surface area contributed by atoms with Crippen LogP contribution in [0, 0.1) is 23.0 Å². The van der Waals surface area contributed by atoms with Gasteiger partial charge in [0.1, 0.15) is 5.52 Å². The number of aromatic nitrogens is 4. The molecule has 0 atom stereocenters. The molecule has 1 aromatic carbocycles. The predicted octanol–water partition coefficient (Wildman–Crippen LogP) is 3.26. The van der Waals surface area contributed by atoms with Gasteiger partial charge in [0.25, 0.3) is 0 Å². The van der Waals surface area contributed by atoms with E-state index >= 15 is 0 Å². The lowest BCUT2D eigenvalue weighted by Crippen LogP contribution is -2.01. The second-order valence-electron chi connectivity index (χ2n) is 4.45. The number of aromatic amines is 1. The van der Waals surface area contributed by atoms with Crippen molar-refractivity contribution in [3.8, 4) is 11.8 Å². The van der Waals surface area contributed by atoms with Crippen LogP contribution in [0.25, 0.3) is 16.9 Å². The van der Waals surface area contributed by atoms with Gasteiger partial charge in [-0.3, -0.25) is 4.57 Å². The van der Waals surface area contributed by atoms with Gasteiger partial charge in [-0.15, -0.1) is 0 Å². The average molecular weight is 304 g/mol. The van der Waals surface area contributed by atoms with E-state index in [0.717, 1.165) is 22.5 Å². The smallest absolute Gasteiger partial charge is 0.184 e. The number of hydrogen-bond acceptors (Lipinski definition) is 3. The summed E-state index contributed by atoms with van der Waals surface area (Å²) < 4.78 is 4.13. The maximum absolute atomic E-state index is 8.90. The van der Waals surface area contributed by atoms with Gasteiger partial charge in [-0.1, -0.05) is 11.6 Å². The van der Waals surface area contributed by atoms with Gasteiger partial charge in [0, 0.05) is 7.05 Å². The minimum Gasteiger partial charge on any atom is -0.327 e. The van der Waals surface area contributed by atoms with E-state index in [2.05, 4.69) is 16.2 Å². The molecule has 0 aliphatic carbocycles. The van der Waals surface area contributed by atoms with Crippen molar-refractivity contribution in [2.45, 2.75) is 6.92 Å².